The monoisotopic (exact) mass is 209 g/mol. The number of nitrogens with one attached hydrogen (secondary N) is 1. The van der Waals surface area contributed by atoms with Crippen molar-refractivity contribution in [2.75, 3.05) is 7.05 Å². The molecule has 3 heteroatoms. The second-order valence-electron chi connectivity index (χ2n) is 5.22. The Morgan fingerprint density at radius 2 is 2.20 bits per heavy atom. The van der Waals surface area contributed by atoms with Gasteiger partial charge >= 0.3 is 0 Å². The summed E-state index contributed by atoms with van der Waals surface area (Å²) in [6.07, 6.45) is 4.22. The van der Waals surface area contributed by atoms with Crippen LogP contribution in [0.5, 0.6) is 0 Å². The van der Waals surface area contributed by atoms with Gasteiger partial charge in [-0.3, -0.25) is 4.68 Å². The molecule has 1 heterocycles. The molecule has 0 spiro atoms. The standard InChI is InChI=1S/C12H23N3/c1-10(13-4)8-12(2,3)9-11-6-7-15(5)14-11/h6-7,10,13H,8-9H2,1-5H3. The van der Waals surface area contributed by atoms with Crippen LogP contribution >= 0.6 is 0 Å². The smallest absolute Gasteiger partial charge is 0.0629 e. The maximum Gasteiger partial charge on any atom is 0.0629 e. The van der Waals surface area contributed by atoms with E-state index in [4.69, 9.17) is 0 Å². The molecule has 1 aromatic heterocycles. The van der Waals surface area contributed by atoms with E-state index in [-0.39, 0.29) is 0 Å². The average molecular weight is 209 g/mol. The molecule has 0 saturated heterocycles. The first kappa shape index (κ1) is 12.2. The lowest BCUT2D eigenvalue weighted by Gasteiger charge is -2.27. The van der Waals surface area contributed by atoms with Crippen molar-refractivity contribution in [1.29, 1.82) is 0 Å². The number of aromatic nitrogens is 2. The largest absolute Gasteiger partial charge is 0.317 e. The van der Waals surface area contributed by atoms with Crippen molar-refractivity contribution < 1.29 is 0 Å². The summed E-state index contributed by atoms with van der Waals surface area (Å²) in [5.74, 6) is 0. The third kappa shape index (κ3) is 4.04. The molecule has 1 aromatic rings. The van der Waals surface area contributed by atoms with Crippen molar-refractivity contribution in [2.24, 2.45) is 12.5 Å². The number of nitrogens with zero attached hydrogens (tertiary/aromatic N) is 2. The van der Waals surface area contributed by atoms with Crippen LogP contribution in [0.15, 0.2) is 12.3 Å². The van der Waals surface area contributed by atoms with Gasteiger partial charge in [-0.05, 0) is 38.3 Å². The molecule has 1 rings (SSSR count). The Hall–Kier alpha value is -0.830. The van der Waals surface area contributed by atoms with E-state index in [9.17, 15) is 0 Å². The molecule has 0 aliphatic heterocycles. The second kappa shape index (κ2) is 4.79. The van der Waals surface area contributed by atoms with E-state index in [2.05, 4.69) is 37.3 Å². The van der Waals surface area contributed by atoms with Gasteiger partial charge in [0.2, 0.25) is 0 Å². The number of hydrogen-bond donors (Lipinski definition) is 1. The molecule has 0 aliphatic rings. The molecule has 0 amide bonds. The summed E-state index contributed by atoms with van der Waals surface area (Å²) in [5.41, 5.74) is 1.49. The minimum Gasteiger partial charge on any atom is -0.317 e. The van der Waals surface area contributed by atoms with Crippen molar-refractivity contribution >= 4 is 0 Å². The van der Waals surface area contributed by atoms with Gasteiger partial charge in [0, 0.05) is 19.3 Å². The van der Waals surface area contributed by atoms with Gasteiger partial charge in [-0.1, -0.05) is 13.8 Å². The van der Waals surface area contributed by atoms with Crippen molar-refractivity contribution in [2.45, 2.75) is 39.7 Å². The minimum atomic E-state index is 0.302. The third-order valence-electron chi connectivity index (χ3n) is 2.78. The summed E-state index contributed by atoms with van der Waals surface area (Å²) >= 11 is 0. The zero-order valence-corrected chi connectivity index (χ0v) is 10.5. The van der Waals surface area contributed by atoms with Gasteiger partial charge in [-0.2, -0.15) is 5.10 Å². The first-order valence-electron chi connectivity index (χ1n) is 5.59. The van der Waals surface area contributed by atoms with Crippen LogP contribution < -0.4 is 5.32 Å². The van der Waals surface area contributed by atoms with Gasteiger partial charge in [-0.15, -0.1) is 0 Å². The molecule has 15 heavy (non-hydrogen) atoms. The van der Waals surface area contributed by atoms with Gasteiger partial charge in [0.15, 0.2) is 0 Å². The van der Waals surface area contributed by atoms with Gasteiger partial charge in [0.05, 0.1) is 5.69 Å². The highest BCUT2D eigenvalue weighted by atomic mass is 15.2. The molecule has 3 nitrogen and oxygen atoms in total. The molecule has 1 unspecified atom stereocenters. The zero-order chi connectivity index (χ0) is 11.5. The SMILES string of the molecule is CNC(C)CC(C)(C)Cc1ccn(C)n1. The summed E-state index contributed by atoms with van der Waals surface area (Å²) in [5, 5.41) is 7.71. The Kier molecular flexibility index (Phi) is 3.91. The van der Waals surface area contributed by atoms with Crippen LogP contribution in [0.2, 0.25) is 0 Å². The third-order valence-corrected chi connectivity index (χ3v) is 2.78. The highest BCUT2D eigenvalue weighted by molar-refractivity contribution is 5.02. The molecule has 0 aliphatic carbocycles. The van der Waals surface area contributed by atoms with Crippen molar-refractivity contribution in [3.05, 3.63) is 18.0 Å². The minimum absolute atomic E-state index is 0.302. The lowest BCUT2D eigenvalue weighted by Crippen LogP contribution is -2.29. The van der Waals surface area contributed by atoms with E-state index in [1.54, 1.807) is 0 Å². The van der Waals surface area contributed by atoms with Gasteiger partial charge in [-0.25, -0.2) is 0 Å². The lowest BCUT2D eigenvalue weighted by molar-refractivity contribution is 0.290. The maximum absolute atomic E-state index is 4.43. The molecule has 86 valence electrons. The quantitative estimate of drug-likeness (QED) is 0.803. The predicted octanol–water partition coefficient (Wildman–Crippen LogP) is 1.99. The van der Waals surface area contributed by atoms with Crippen LogP contribution in [0.4, 0.5) is 0 Å². The van der Waals surface area contributed by atoms with Crippen LogP contribution in [0.25, 0.3) is 0 Å². The van der Waals surface area contributed by atoms with E-state index in [1.165, 1.54) is 12.1 Å². The summed E-state index contributed by atoms with van der Waals surface area (Å²) in [7, 11) is 3.98. The molecule has 1 atom stereocenters. The molecule has 0 bridgehead atoms. The van der Waals surface area contributed by atoms with E-state index in [1.807, 2.05) is 25.0 Å². The number of hydrogen-bond acceptors (Lipinski definition) is 2. The van der Waals surface area contributed by atoms with E-state index < -0.39 is 0 Å². The molecular formula is C12H23N3. The van der Waals surface area contributed by atoms with Crippen LogP contribution in [-0.2, 0) is 13.5 Å². The van der Waals surface area contributed by atoms with Gasteiger partial charge in [0.1, 0.15) is 0 Å². The maximum atomic E-state index is 4.43. The summed E-state index contributed by atoms with van der Waals surface area (Å²) in [6, 6.07) is 2.66. The van der Waals surface area contributed by atoms with E-state index in [0.29, 0.717) is 11.5 Å². The molecule has 0 radical (unpaired) electrons. The Balaban J connectivity index is 2.55. The molecule has 0 aromatic carbocycles. The number of aryl methyl sites for hydroxylation is 1. The lowest BCUT2D eigenvalue weighted by atomic mass is 9.82. The van der Waals surface area contributed by atoms with E-state index >= 15 is 0 Å². The second-order valence-corrected chi connectivity index (χ2v) is 5.22. The highest BCUT2D eigenvalue weighted by Gasteiger charge is 2.21. The molecule has 1 N–H and O–H groups in total. The van der Waals surface area contributed by atoms with Crippen LogP contribution in [0.1, 0.15) is 32.9 Å². The fourth-order valence-corrected chi connectivity index (χ4v) is 2.05. The first-order valence-corrected chi connectivity index (χ1v) is 5.59. The van der Waals surface area contributed by atoms with Crippen molar-refractivity contribution in [1.82, 2.24) is 15.1 Å². The van der Waals surface area contributed by atoms with Gasteiger partial charge < -0.3 is 5.32 Å². The predicted molar refractivity (Wildman–Crippen MR) is 63.8 cm³/mol. The zero-order valence-electron chi connectivity index (χ0n) is 10.5. The molecule has 0 saturated carbocycles. The van der Waals surface area contributed by atoms with E-state index in [0.717, 1.165) is 6.42 Å². The summed E-state index contributed by atoms with van der Waals surface area (Å²) in [6.45, 7) is 6.82. The fourth-order valence-electron chi connectivity index (χ4n) is 2.05. The van der Waals surface area contributed by atoms with Crippen molar-refractivity contribution in [3.8, 4) is 0 Å². The normalized spacial score (nSPS) is 14.2. The Morgan fingerprint density at radius 1 is 1.53 bits per heavy atom. The fraction of sp³-hybridized carbons (Fsp3) is 0.750. The van der Waals surface area contributed by atoms with Gasteiger partial charge in [0.25, 0.3) is 0 Å². The molecule has 0 fully saturated rings. The first-order chi connectivity index (χ1) is 6.93. The van der Waals surface area contributed by atoms with Crippen LogP contribution in [0, 0.1) is 5.41 Å². The average Bonchev–Trinajstić information content (AvgIpc) is 2.49. The Morgan fingerprint density at radius 3 is 2.67 bits per heavy atom. The number of rotatable bonds is 5. The topological polar surface area (TPSA) is 29.9 Å². The highest BCUT2D eigenvalue weighted by Crippen LogP contribution is 2.26. The van der Waals surface area contributed by atoms with Crippen LogP contribution in [-0.4, -0.2) is 22.9 Å². The molecular weight excluding hydrogens is 186 g/mol. The summed E-state index contributed by atoms with van der Waals surface area (Å²) < 4.78 is 1.87. The van der Waals surface area contributed by atoms with Crippen molar-refractivity contribution in [3.63, 3.8) is 0 Å². The van der Waals surface area contributed by atoms with Crippen LogP contribution in [0.3, 0.4) is 0 Å². The summed E-state index contributed by atoms with van der Waals surface area (Å²) in [4.78, 5) is 0. The Labute approximate surface area is 92.9 Å². The Bertz CT molecular complexity index is 302.